The molecule has 4 heterocycles. The zero-order valence-electron chi connectivity index (χ0n) is 25.6. The van der Waals surface area contributed by atoms with Crippen molar-refractivity contribution in [1.29, 1.82) is 5.26 Å². The minimum atomic E-state index is -0.314. The van der Waals surface area contributed by atoms with Gasteiger partial charge < -0.3 is 9.47 Å². The van der Waals surface area contributed by atoms with E-state index >= 15 is 0 Å². The van der Waals surface area contributed by atoms with Gasteiger partial charge >= 0.3 is 0 Å². The van der Waals surface area contributed by atoms with Crippen molar-refractivity contribution in [1.82, 2.24) is 24.3 Å². The van der Waals surface area contributed by atoms with Gasteiger partial charge in [-0.25, -0.2) is 9.98 Å². The molecule has 7 rings (SSSR count). The van der Waals surface area contributed by atoms with E-state index in [-0.39, 0.29) is 30.3 Å². The normalized spacial score (nSPS) is 21.1. The maximum Gasteiger partial charge on any atom is 0.261 e. The summed E-state index contributed by atoms with van der Waals surface area (Å²) in [6.45, 7) is 5.74. The number of carbonyl (C=O) groups excluding carboxylic acids is 2. The molecule has 12 heteroatoms. The van der Waals surface area contributed by atoms with Gasteiger partial charge in [0, 0.05) is 24.6 Å². The summed E-state index contributed by atoms with van der Waals surface area (Å²) in [4.78, 5) is 38.0. The number of aliphatic imine (C=N–C) groups is 1. The number of quaternary nitrogens is 1. The molecule has 1 fully saturated rings. The lowest BCUT2D eigenvalue weighted by atomic mass is 10.1. The smallest absolute Gasteiger partial charge is 0.261 e. The highest BCUT2D eigenvalue weighted by atomic mass is 16.5. The van der Waals surface area contributed by atoms with Gasteiger partial charge in [0.2, 0.25) is 11.9 Å². The molecule has 0 radical (unpaired) electrons. The number of amides is 2. The van der Waals surface area contributed by atoms with Crippen molar-refractivity contribution in [2.75, 3.05) is 33.4 Å². The van der Waals surface area contributed by atoms with Crippen LogP contribution in [0.2, 0.25) is 0 Å². The second kappa shape index (κ2) is 11.4. The van der Waals surface area contributed by atoms with Crippen LogP contribution in [0.4, 0.5) is 11.4 Å². The molecule has 12 nitrogen and oxygen atoms in total. The molecule has 3 aromatic carbocycles. The largest absolute Gasteiger partial charge is 0.497 e. The predicted octanol–water partition coefficient (Wildman–Crippen LogP) is 4.34. The van der Waals surface area contributed by atoms with E-state index in [1.54, 1.807) is 31.4 Å². The molecule has 1 aromatic heterocycles. The number of carbonyl (C=O) groups is 2. The number of aromatic nitrogens is 3. The maximum atomic E-state index is 12.9. The number of hydrogen-bond donors (Lipinski definition) is 0. The molecule has 0 bridgehead atoms. The first-order valence-electron chi connectivity index (χ1n) is 15.0. The first-order chi connectivity index (χ1) is 22.3. The number of rotatable bonds is 10. The van der Waals surface area contributed by atoms with Crippen molar-refractivity contribution in [3.05, 3.63) is 95.6 Å². The van der Waals surface area contributed by atoms with Gasteiger partial charge in [-0.1, -0.05) is 19.1 Å². The van der Waals surface area contributed by atoms with Crippen molar-refractivity contribution in [3.63, 3.8) is 0 Å². The zero-order chi connectivity index (χ0) is 32.0. The van der Waals surface area contributed by atoms with Crippen molar-refractivity contribution in [2.24, 2.45) is 10.1 Å². The fourth-order valence-electron chi connectivity index (χ4n) is 6.01. The lowest BCUT2D eigenvalue weighted by molar-refractivity contribution is 0.0645. The van der Waals surface area contributed by atoms with Gasteiger partial charge in [-0.05, 0) is 55.5 Å². The Kier molecular flexibility index (Phi) is 7.18. The highest BCUT2D eigenvalue weighted by Gasteiger charge is 2.57. The molecule has 3 unspecified atom stereocenters. The van der Waals surface area contributed by atoms with Crippen LogP contribution in [0.5, 0.6) is 11.5 Å². The van der Waals surface area contributed by atoms with E-state index in [1.807, 2.05) is 62.4 Å². The summed E-state index contributed by atoms with van der Waals surface area (Å²) in [6.07, 6.45) is 0. The minimum absolute atomic E-state index is 0.125. The van der Waals surface area contributed by atoms with Crippen LogP contribution in [0.15, 0.2) is 82.9 Å². The number of ether oxygens (including phenoxy) is 2. The second-order valence-corrected chi connectivity index (χ2v) is 11.6. The second-order valence-electron chi connectivity index (χ2n) is 11.6. The molecule has 0 saturated carbocycles. The third-order valence-electron chi connectivity index (χ3n) is 8.72. The number of imide groups is 1. The molecule has 0 aliphatic carbocycles. The van der Waals surface area contributed by atoms with Crippen LogP contribution in [0, 0.1) is 11.3 Å². The van der Waals surface area contributed by atoms with Gasteiger partial charge in [-0.3, -0.25) is 19.0 Å². The fraction of sp³-hybridized carbons (Fsp3) is 0.265. The maximum absolute atomic E-state index is 12.9. The van der Waals surface area contributed by atoms with Gasteiger partial charge in [0.25, 0.3) is 11.8 Å². The van der Waals surface area contributed by atoms with Gasteiger partial charge in [0.1, 0.15) is 42.1 Å². The first-order valence-corrected chi connectivity index (χ1v) is 15.0. The molecule has 3 aliphatic rings. The molecule has 1 saturated heterocycles. The van der Waals surface area contributed by atoms with E-state index in [2.05, 4.69) is 16.3 Å². The zero-order valence-corrected chi connectivity index (χ0v) is 25.6. The van der Waals surface area contributed by atoms with E-state index in [0.29, 0.717) is 57.5 Å². The number of benzene rings is 3. The van der Waals surface area contributed by atoms with Crippen LogP contribution in [0.1, 0.15) is 52.1 Å². The molecule has 46 heavy (non-hydrogen) atoms. The molecular weight excluding hydrogens is 584 g/mol. The van der Waals surface area contributed by atoms with Crippen molar-refractivity contribution in [2.45, 2.75) is 25.8 Å². The minimum Gasteiger partial charge on any atom is -0.497 e. The highest BCUT2D eigenvalue weighted by Crippen LogP contribution is 2.39. The SMILES string of the molecule is COc1ccc(OCC[N+]2(c3ccc(N=C4C(C)=Nn5nc(C(C)CN6C(=O)c7ccccc7C6=O)nc54)cc3)CC2C#N)cc1. The summed E-state index contributed by atoms with van der Waals surface area (Å²) in [5.74, 6) is 1.56. The van der Waals surface area contributed by atoms with E-state index in [0.717, 1.165) is 23.7 Å². The van der Waals surface area contributed by atoms with E-state index < -0.39 is 0 Å². The topological polar surface area (TPSA) is 135 Å². The molecule has 3 aliphatic heterocycles. The summed E-state index contributed by atoms with van der Waals surface area (Å²) >= 11 is 0. The van der Waals surface area contributed by atoms with E-state index in [4.69, 9.17) is 19.5 Å². The number of nitrogens with zero attached hydrogens (tertiary/aromatic N) is 8. The van der Waals surface area contributed by atoms with Gasteiger partial charge in [0.05, 0.1) is 29.6 Å². The summed E-state index contributed by atoms with van der Waals surface area (Å²) in [7, 11) is 1.63. The Morgan fingerprint density at radius 1 is 1.02 bits per heavy atom. The molecule has 2 amide bonds. The Hall–Kier alpha value is -5.67. The lowest BCUT2D eigenvalue weighted by Gasteiger charge is -2.19. The van der Waals surface area contributed by atoms with Crippen LogP contribution < -0.4 is 14.0 Å². The van der Waals surface area contributed by atoms with Crippen molar-refractivity contribution >= 4 is 34.6 Å². The van der Waals surface area contributed by atoms with Crippen LogP contribution in [0.3, 0.4) is 0 Å². The Morgan fingerprint density at radius 3 is 2.33 bits per heavy atom. The number of hydrogen-bond acceptors (Lipinski definition) is 9. The first kappa shape index (κ1) is 29.1. The Labute approximate surface area is 265 Å². The Bertz CT molecular complexity index is 1920. The molecule has 0 spiro atoms. The number of nitriles is 1. The van der Waals surface area contributed by atoms with E-state index in [9.17, 15) is 14.9 Å². The fourth-order valence-corrected chi connectivity index (χ4v) is 6.01. The van der Waals surface area contributed by atoms with Gasteiger partial charge in [-0.2, -0.15) is 10.4 Å². The van der Waals surface area contributed by atoms with Crippen LogP contribution in [-0.2, 0) is 0 Å². The average Bonchev–Trinajstić information content (AvgIpc) is 3.41. The lowest BCUT2D eigenvalue weighted by Crippen LogP contribution is -2.33. The van der Waals surface area contributed by atoms with Crippen LogP contribution >= 0.6 is 0 Å². The summed E-state index contributed by atoms with van der Waals surface area (Å²) in [5, 5.41) is 18.8. The number of fused-ring (bicyclic) bond motifs is 2. The van der Waals surface area contributed by atoms with Gasteiger partial charge in [-0.15, -0.1) is 9.89 Å². The van der Waals surface area contributed by atoms with Crippen molar-refractivity contribution < 1.29 is 19.1 Å². The predicted molar refractivity (Wildman–Crippen MR) is 171 cm³/mol. The average molecular weight is 616 g/mol. The summed E-state index contributed by atoms with van der Waals surface area (Å²) in [5.41, 5.74) is 3.84. The quantitative estimate of drug-likeness (QED) is 0.147. The Balaban J connectivity index is 1.04. The van der Waals surface area contributed by atoms with Gasteiger partial charge in [0.15, 0.2) is 12.4 Å². The van der Waals surface area contributed by atoms with Crippen LogP contribution in [-0.4, -0.2) is 82.4 Å². The van der Waals surface area contributed by atoms with Crippen LogP contribution in [0.25, 0.3) is 0 Å². The standard InChI is InChI=1S/C34H31N8O4/c1-21(19-40-33(43)28-6-4-5-7-29(28)34(40)44)31-37-32-30(22(2)38-41(32)39-31)36-23-8-10-24(11-9-23)42(20-25(42)18-35)16-17-46-27-14-12-26(45-3)13-15-27/h4-15,21,25H,16-17,19-20H2,1-3H3/q+1. The molecule has 3 atom stereocenters. The van der Waals surface area contributed by atoms with E-state index in [1.165, 1.54) is 9.69 Å². The molecule has 4 aromatic rings. The highest BCUT2D eigenvalue weighted by molar-refractivity contribution is 6.48. The summed E-state index contributed by atoms with van der Waals surface area (Å²) in [6, 6.07) is 24.5. The third-order valence-corrected chi connectivity index (χ3v) is 8.72. The molecule has 230 valence electrons. The number of methoxy groups -OCH3 is 1. The third kappa shape index (κ3) is 5.00. The molecular formula is C34H31N8O4+. The monoisotopic (exact) mass is 615 g/mol. The van der Waals surface area contributed by atoms with Crippen molar-refractivity contribution in [3.8, 4) is 17.6 Å². The summed E-state index contributed by atoms with van der Waals surface area (Å²) < 4.78 is 11.7. The Morgan fingerprint density at radius 2 is 1.70 bits per heavy atom. The molecule has 0 N–H and O–H groups in total.